The molecule has 0 amide bonds. The number of thiazole rings is 1. The second kappa shape index (κ2) is 6.61. The molecule has 1 aromatic rings. The molecule has 0 radical (unpaired) electrons. The molecule has 0 aliphatic carbocycles. The Morgan fingerprint density at radius 3 is 2.65 bits per heavy atom. The number of nitriles is 1. The van der Waals surface area contributed by atoms with Crippen LogP contribution in [-0.2, 0) is 0 Å². The van der Waals surface area contributed by atoms with Crippen molar-refractivity contribution in [1.82, 2.24) is 4.98 Å². The lowest BCUT2D eigenvalue weighted by Crippen LogP contribution is -2.38. The topological polar surface area (TPSA) is 39.9 Å². The SMILES string of the molecule is CC.CC1CCN(c2ncc(C#N)s2)CC1C. The zero-order chi connectivity index (χ0) is 12.8. The molecule has 0 spiro atoms. The molecule has 0 N–H and O–H groups in total. The van der Waals surface area contributed by atoms with Gasteiger partial charge in [-0.15, -0.1) is 0 Å². The monoisotopic (exact) mass is 251 g/mol. The van der Waals surface area contributed by atoms with Crippen LogP contribution in [0.15, 0.2) is 6.20 Å². The van der Waals surface area contributed by atoms with Gasteiger partial charge in [0.05, 0.1) is 6.20 Å². The van der Waals surface area contributed by atoms with Crippen LogP contribution >= 0.6 is 11.3 Å². The summed E-state index contributed by atoms with van der Waals surface area (Å²) in [4.78, 5) is 7.30. The van der Waals surface area contributed by atoms with Crippen molar-refractivity contribution >= 4 is 16.5 Å². The van der Waals surface area contributed by atoms with Crippen LogP contribution in [0.3, 0.4) is 0 Å². The lowest BCUT2D eigenvalue weighted by molar-refractivity contribution is 0.324. The fourth-order valence-electron chi connectivity index (χ4n) is 1.90. The Bertz CT molecular complexity index is 380. The van der Waals surface area contributed by atoms with Gasteiger partial charge in [0.2, 0.25) is 0 Å². The molecular formula is C13H21N3S. The van der Waals surface area contributed by atoms with Gasteiger partial charge in [-0.1, -0.05) is 39.0 Å². The van der Waals surface area contributed by atoms with Gasteiger partial charge in [-0.3, -0.25) is 0 Å². The van der Waals surface area contributed by atoms with Crippen LogP contribution in [0.5, 0.6) is 0 Å². The van der Waals surface area contributed by atoms with Crippen LogP contribution in [0.4, 0.5) is 5.13 Å². The van der Waals surface area contributed by atoms with Gasteiger partial charge >= 0.3 is 0 Å². The Labute approximate surface area is 108 Å². The van der Waals surface area contributed by atoms with Crippen LogP contribution in [-0.4, -0.2) is 18.1 Å². The van der Waals surface area contributed by atoms with Gasteiger partial charge in [-0.2, -0.15) is 5.26 Å². The highest BCUT2D eigenvalue weighted by Crippen LogP contribution is 2.29. The maximum Gasteiger partial charge on any atom is 0.186 e. The average Bonchev–Trinajstić information content (AvgIpc) is 2.84. The van der Waals surface area contributed by atoms with Gasteiger partial charge in [0.1, 0.15) is 10.9 Å². The minimum atomic E-state index is 0.705. The van der Waals surface area contributed by atoms with Crippen molar-refractivity contribution in [3.05, 3.63) is 11.1 Å². The van der Waals surface area contributed by atoms with Crippen molar-refractivity contribution in [2.24, 2.45) is 11.8 Å². The summed E-state index contributed by atoms with van der Waals surface area (Å²) in [5.41, 5.74) is 0. The van der Waals surface area contributed by atoms with Crippen LogP contribution < -0.4 is 4.90 Å². The fourth-order valence-corrected chi connectivity index (χ4v) is 2.65. The summed E-state index contributed by atoms with van der Waals surface area (Å²) >= 11 is 1.50. The molecule has 0 saturated carbocycles. The number of anilines is 1. The van der Waals surface area contributed by atoms with Gasteiger partial charge in [-0.25, -0.2) is 4.98 Å². The zero-order valence-electron chi connectivity index (χ0n) is 11.1. The van der Waals surface area contributed by atoms with Crippen molar-refractivity contribution in [2.45, 2.75) is 34.1 Å². The molecule has 1 fully saturated rings. The van der Waals surface area contributed by atoms with Crippen molar-refractivity contribution in [3.8, 4) is 6.07 Å². The molecular weight excluding hydrogens is 230 g/mol. The summed E-state index contributed by atoms with van der Waals surface area (Å²) in [6.45, 7) is 10.7. The number of piperidine rings is 1. The maximum absolute atomic E-state index is 8.75. The van der Waals surface area contributed by atoms with Crippen molar-refractivity contribution < 1.29 is 0 Å². The minimum Gasteiger partial charge on any atom is -0.348 e. The van der Waals surface area contributed by atoms with Crippen LogP contribution in [0.2, 0.25) is 0 Å². The number of nitrogens with zero attached hydrogens (tertiary/aromatic N) is 3. The van der Waals surface area contributed by atoms with E-state index in [9.17, 15) is 0 Å². The second-order valence-corrected chi connectivity index (χ2v) is 5.32. The van der Waals surface area contributed by atoms with E-state index in [-0.39, 0.29) is 0 Å². The van der Waals surface area contributed by atoms with Gasteiger partial charge in [0, 0.05) is 13.1 Å². The summed E-state index contributed by atoms with van der Waals surface area (Å²) in [6, 6.07) is 2.14. The Balaban J connectivity index is 0.000000686. The molecule has 1 aromatic heterocycles. The van der Waals surface area contributed by atoms with E-state index in [4.69, 9.17) is 5.26 Å². The van der Waals surface area contributed by atoms with E-state index in [1.165, 1.54) is 17.8 Å². The number of hydrogen-bond donors (Lipinski definition) is 0. The Hall–Kier alpha value is -1.08. The van der Waals surface area contributed by atoms with E-state index in [0.29, 0.717) is 10.8 Å². The van der Waals surface area contributed by atoms with Crippen LogP contribution in [0.1, 0.15) is 39.0 Å². The molecule has 4 heteroatoms. The molecule has 1 aliphatic heterocycles. The third-order valence-corrected chi connectivity index (χ3v) is 4.17. The highest BCUT2D eigenvalue weighted by atomic mass is 32.1. The Morgan fingerprint density at radius 1 is 1.41 bits per heavy atom. The highest BCUT2D eigenvalue weighted by Gasteiger charge is 2.24. The van der Waals surface area contributed by atoms with Crippen molar-refractivity contribution in [1.29, 1.82) is 5.26 Å². The quantitative estimate of drug-likeness (QED) is 0.766. The first-order valence-corrected chi connectivity index (χ1v) is 7.13. The maximum atomic E-state index is 8.75. The Kier molecular flexibility index (Phi) is 5.43. The molecule has 1 saturated heterocycles. The first kappa shape index (κ1) is 14.0. The standard InChI is InChI=1S/C11H15N3S.C2H6/c1-8-3-4-14(7-9(8)2)11-13-6-10(5-12)15-11;1-2/h6,8-9H,3-4,7H2,1-2H3;1-2H3. The summed E-state index contributed by atoms with van der Waals surface area (Å²) in [6.07, 6.45) is 2.89. The predicted molar refractivity (Wildman–Crippen MR) is 73.3 cm³/mol. The Morgan fingerprint density at radius 2 is 2.12 bits per heavy atom. The van der Waals surface area contributed by atoms with E-state index < -0.39 is 0 Å². The van der Waals surface area contributed by atoms with Crippen LogP contribution in [0.25, 0.3) is 0 Å². The molecule has 3 nitrogen and oxygen atoms in total. The predicted octanol–water partition coefficient (Wildman–Crippen LogP) is 3.52. The van der Waals surface area contributed by atoms with Gasteiger partial charge in [-0.05, 0) is 18.3 Å². The van der Waals surface area contributed by atoms with E-state index in [0.717, 1.165) is 24.1 Å². The highest BCUT2D eigenvalue weighted by molar-refractivity contribution is 7.16. The molecule has 2 atom stereocenters. The second-order valence-electron chi connectivity index (χ2n) is 4.31. The molecule has 17 heavy (non-hydrogen) atoms. The van der Waals surface area contributed by atoms with Crippen molar-refractivity contribution in [3.63, 3.8) is 0 Å². The molecule has 94 valence electrons. The van der Waals surface area contributed by atoms with Gasteiger partial charge in [0.25, 0.3) is 0 Å². The lowest BCUT2D eigenvalue weighted by Gasteiger charge is -2.35. The summed E-state index contributed by atoms with van der Waals surface area (Å²) < 4.78 is 0. The van der Waals surface area contributed by atoms with Crippen LogP contribution in [0, 0.1) is 23.2 Å². The molecule has 0 aromatic carbocycles. The summed E-state index contributed by atoms with van der Waals surface area (Å²) in [7, 11) is 0. The first-order chi connectivity index (χ1) is 8.20. The van der Waals surface area contributed by atoms with E-state index in [1.807, 2.05) is 13.8 Å². The number of rotatable bonds is 1. The third kappa shape index (κ3) is 3.44. The lowest BCUT2D eigenvalue weighted by atomic mass is 9.89. The van der Waals surface area contributed by atoms with Gasteiger partial charge in [0.15, 0.2) is 5.13 Å². The largest absolute Gasteiger partial charge is 0.348 e. The average molecular weight is 251 g/mol. The zero-order valence-corrected chi connectivity index (χ0v) is 11.9. The van der Waals surface area contributed by atoms with E-state index in [1.54, 1.807) is 6.20 Å². The molecule has 0 bridgehead atoms. The number of aromatic nitrogens is 1. The summed E-state index contributed by atoms with van der Waals surface area (Å²) in [5, 5.41) is 9.75. The summed E-state index contributed by atoms with van der Waals surface area (Å²) in [5.74, 6) is 1.52. The van der Waals surface area contributed by atoms with E-state index >= 15 is 0 Å². The first-order valence-electron chi connectivity index (χ1n) is 6.31. The minimum absolute atomic E-state index is 0.705. The third-order valence-electron chi connectivity index (χ3n) is 3.21. The van der Waals surface area contributed by atoms with Crippen molar-refractivity contribution in [2.75, 3.05) is 18.0 Å². The van der Waals surface area contributed by atoms with E-state index in [2.05, 4.69) is 29.8 Å². The molecule has 2 heterocycles. The fraction of sp³-hybridized carbons (Fsp3) is 0.692. The smallest absolute Gasteiger partial charge is 0.186 e. The normalized spacial score (nSPS) is 23.6. The molecule has 1 aliphatic rings. The molecule has 2 rings (SSSR count). The van der Waals surface area contributed by atoms with Gasteiger partial charge < -0.3 is 4.90 Å². The molecule has 2 unspecified atom stereocenters. The number of hydrogen-bond acceptors (Lipinski definition) is 4.